The first-order valence-electron chi connectivity index (χ1n) is 6.39. The minimum atomic E-state index is -3.60. The van der Waals surface area contributed by atoms with Crippen molar-refractivity contribution in [2.45, 2.75) is 4.90 Å². The van der Waals surface area contributed by atoms with E-state index in [2.05, 4.69) is 20.2 Å². The number of sulfonamides is 1. The Kier molecular flexibility index (Phi) is 3.47. The van der Waals surface area contributed by atoms with Gasteiger partial charge in [-0.1, -0.05) is 0 Å². The fraction of sp³-hybridized carbons (Fsp3) is 0.364. The standard InChI is InChI=1S/C11H15N7O2S/c12-11-9(7-15-16-11)21(19,20)18-5-3-17(4-6-18)10-8-13-1-2-14-10/h1-2,7-8H,3-6H2,(H3,12,15,16). The molecule has 0 aliphatic carbocycles. The molecule has 0 atom stereocenters. The van der Waals surface area contributed by atoms with Crippen molar-refractivity contribution in [3.63, 3.8) is 0 Å². The van der Waals surface area contributed by atoms with E-state index in [1.807, 2.05) is 4.90 Å². The number of rotatable bonds is 3. The van der Waals surface area contributed by atoms with Gasteiger partial charge in [0, 0.05) is 38.6 Å². The molecule has 1 aliphatic rings. The predicted octanol–water partition coefficient (Wildman–Crippen LogP) is -0.707. The van der Waals surface area contributed by atoms with Gasteiger partial charge in [0.1, 0.15) is 16.5 Å². The van der Waals surface area contributed by atoms with Gasteiger partial charge in [0.2, 0.25) is 10.0 Å². The molecule has 0 amide bonds. The number of nitrogens with two attached hydrogens (primary N) is 1. The normalized spacial score (nSPS) is 17.0. The lowest BCUT2D eigenvalue weighted by molar-refractivity contribution is 0.384. The maximum Gasteiger partial charge on any atom is 0.248 e. The van der Waals surface area contributed by atoms with E-state index in [0.717, 1.165) is 5.82 Å². The molecule has 1 fully saturated rings. The van der Waals surface area contributed by atoms with E-state index in [1.165, 1.54) is 10.5 Å². The molecule has 2 aromatic rings. The summed E-state index contributed by atoms with van der Waals surface area (Å²) in [5.74, 6) is 0.809. The molecule has 21 heavy (non-hydrogen) atoms. The van der Waals surface area contributed by atoms with Crippen LogP contribution in [-0.4, -0.2) is 59.1 Å². The molecule has 0 aromatic carbocycles. The lowest BCUT2D eigenvalue weighted by Crippen LogP contribution is -2.49. The molecular weight excluding hydrogens is 294 g/mol. The van der Waals surface area contributed by atoms with Crippen LogP contribution in [0.3, 0.4) is 0 Å². The number of hydrogen-bond donors (Lipinski definition) is 2. The highest BCUT2D eigenvalue weighted by molar-refractivity contribution is 7.89. The van der Waals surface area contributed by atoms with Gasteiger partial charge in [0.25, 0.3) is 0 Å². The average molecular weight is 309 g/mol. The summed E-state index contributed by atoms with van der Waals surface area (Å²) in [6.07, 6.45) is 6.12. The van der Waals surface area contributed by atoms with E-state index in [-0.39, 0.29) is 10.7 Å². The van der Waals surface area contributed by atoms with Gasteiger partial charge in [-0.15, -0.1) is 0 Å². The predicted molar refractivity (Wildman–Crippen MR) is 76.0 cm³/mol. The van der Waals surface area contributed by atoms with E-state index in [4.69, 9.17) is 5.73 Å². The number of hydrogen-bond acceptors (Lipinski definition) is 7. The molecule has 0 spiro atoms. The summed E-state index contributed by atoms with van der Waals surface area (Å²) < 4.78 is 26.3. The molecule has 2 aromatic heterocycles. The summed E-state index contributed by atoms with van der Waals surface area (Å²) in [6, 6.07) is 0. The summed E-state index contributed by atoms with van der Waals surface area (Å²) in [5.41, 5.74) is 5.60. The van der Waals surface area contributed by atoms with Crippen LogP contribution < -0.4 is 10.6 Å². The SMILES string of the molecule is Nc1[nH]ncc1S(=O)(=O)N1CCN(c2cnccn2)CC1. The molecule has 112 valence electrons. The highest BCUT2D eigenvalue weighted by atomic mass is 32.2. The number of H-pyrrole nitrogens is 1. The van der Waals surface area contributed by atoms with Crippen molar-refractivity contribution < 1.29 is 8.42 Å². The number of nitrogens with one attached hydrogen (secondary N) is 1. The highest BCUT2D eigenvalue weighted by Gasteiger charge is 2.31. The maximum absolute atomic E-state index is 12.5. The number of nitrogens with zero attached hydrogens (tertiary/aromatic N) is 5. The molecule has 1 aliphatic heterocycles. The fourth-order valence-electron chi connectivity index (χ4n) is 2.24. The van der Waals surface area contributed by atoms with Gasteiger partial charge in [-0.3, -0.25) is 10.1 Å². The molecule has 0 radical (unpaired) electrons. The van der Waals surface area contributed by atoms with Crippen molar-refractivity contribution >= 4 is 21.7 Å². The molecule has 1 saturated heterocycles. The molecular formula is C11H15N7O2S. The molecule has 10 heteroatoms. The topological polar surface area (TPSA) is 121 Å². The van der Waals surface area contributed by atoms with Gasteiger partial charge >= 0.3 is 0 Å². The first-order chi connectivity index (χ1) is 10.1. The van der Waals surface area contributed by atoms with Crippen LogP contribution in [0.1, 0.15) is 0 Å². The smallest absolute Gasteiger partial charge is 0.248 e. The molecule has 0 unspecified atom stereocenters. The summed E-state index contributed by atoms with van der Waals surface area (Å²) in [7, 11) is -3.60. The summed E-state index contributed by atoms with van der Waals surface area (Å²) in [5, 5.41) is 6.10. The van der Waals surface area contributed by atoms with Crippen LogP contribution >= 0.6 is 0 Å². The van der Waals surface area contributed by atoms with Gasteiger partial charge in [0.15, 0.2) is 0 Å². The van der Waals surface area contributed by atoms with E-state index in [0.29, 0.717) is 26.2 Å². The Morgan fingerprint density at radius 2 is 1.90 bits per heavy atom. The van der Waals surface area contributed by atoms with Gasteiger partial charge in [-0.05, 0) is 0 Å². The van der Waals surface area contributed by atoms with E-state index < -0.39 is 10.0 Å². The van der Waals surface area contributed by atoms with Crippen molar-refractivity contribution in [3.8, 4) is 0 Å². The van der Waals surface area contributed by atoms with E-state index in [1.54, 1.807) is 18.6 Å². The van der Waals surface area contributed by atoms with Crippen molar-refractivity contribution in [3.05, 3.63) is 24.8 Å². The number of nitrogen functional groups attached to an aromatic ring is 1. The fourth-order valence-corrected chi connectivity index (χ4v) is 3.67. The largest absolute Gasteiger partial charge is 0.383 e. The zero-order valence-corrected chi connectivity index (χ0v) is 12.0. The summed E-state index contributed by atoms with van der Waals surface area (Å²) in [6.45, 7) is 1.83. The van der Waals surface area contributed by atoms with Crippen molar-refractivity contribution in [2.24, 2.45) is 0 Å². The van der Waals surface area contributed by atoms with Crippen LogP contribution in [0.4, 0.5) is 11.6 Å². The molecule has 9 nitrogen and oxygen atoms in total. The second-order valence-corrected chi connectivity index (χ2v) is 6.51. The molecule has 0 bridgehead atoms. The minimum absolute atomic E-state index is 0.0236. The Hall–Kier alpha value is -2.20. The van der Waals surface area contributed by atoms with Crippen molar-refractivity contribution in [2.75, 3.05) is 36.8 Å². The second-order valence-electron chi connectivity index (χ2n) is 4.60. The lowest BCUT2D eigenvalue weighted by Gasteiger charge is -2.34. The van der Waals surface area contributed by atoms with Crippen molar-refractivity contribution in [1.82, 2.24) is 24.5 Å². The monoisotopic (exact) mass is 309 g/mol. The summed E-state index contributed by atoms with van der Waals surface area (Å²) >= 11 is 0. The summed E-state index contributed by atoms with van der Waals surface area (Å²) in [4.78, 5) is 10.3. The van der Waals surface area contributed by atoms with Gasteiger partial charge in [-0.2, -0.15) is 9.40 Å². The second kappa shape index (κ2) is 5.30. The Bertz CT molecular complexity index is 707. The molecule has 3 heterocycles. The van der Waals surface area contributed by atoms with Gasteiger partial charge in [0.05, 0.1) is 12.4 Å². The lowest BCUT2D eigenvalue weighted by atomic mass is 10.3. The van der Waals surface area contributed by atoms with Gasteiger partial charge in [-0.25, -0.2) is 13.4 Å². The third-order valence-corrected chi connectivity index (χ3v) is 5.29. The number of aromatic nitrogens is 4. The van der Waals surface area contributed by atoms with E-state index >= 15 is 0 Å². The number of anilines is 2. The Morgan fingerprint density at radius 1 is 1.14 bits per heavy atom. The number of aromatic amines is 1. The van der Waals surface area contributed by atoms with Crippen LogP contribution in [0.25, 0.3) is 0 Å². The minimum Gasteiger partial charge on any atom is -0.383 e. The van der Waals surface area contributed by atoms with Crippen LogP contribution in [0, 0.1) is 0 Å². The molecule has 3 N–H and O–H groups in total. The Labute approximate surface area is 121 Å². The maximum atomic E-state index is 12.5. The highest BCUT2D eigenvalue weighted by Crippen LogP contribution is 2.22. The first-order valence-corrected chi connectivity index (χ1v) is 7.83. The van der Waals surface area contributed by atoms with Crippen LogP contribution in [-0.2, 0) is 10.0 Å². The van der Waals surface area contributed by atoms with Gasteiger partial charge < -0.3 is 10.6 Å². The van der Waals surface area contributed by atoms with Crippen molar-refractivity contribution in [1.29, 1.82) is 0 Å². The van der Waals surface area contributed by atoms with Crippen LogP contribution in [0.15, 0.2) is 29.7 Å². The Balaban J connectivity index is 1.73. The third-order valence-electron chi connectivity index (χ3n) is 3.36. The molecule has 0 saturated carbocycles. The zero-order chi connectivity index (χ0) is 14.9. The third kappa shape index (κ3) is 2.54. The van der Waals surface area contributed by atoms with E-state index in [9.17, 15) is 8.42 Å². The average Bonchev–Trinajstić information content (AvgIpc) is 2.95. The zero-order valence-electron chi connectivity index (χ0n) is 11.2. The first kappa shape index (κ1) is 13.8. The van der Waals surface area contributed by atoms with Crippen LogP contribution in [0.5, 0.6) is 0 Å². The Morgan fingerprint density at radius 3 is 2.48 bits per heavy atom. The van der Waals surface area contributed by atoms with Crippen LogP contribution in [0.2, 0.25) is 0 Å². The quantitative estimate of drug-likeness (QED) is 0.768. The number of piperazine rings is 1. The molecule has 3 rings (SSSR count).